The molecule has 1 aromatic carbocycles. The quantitative estimate of drug-likeness (QED) is 0.730. The van der Waals surface area contributed by atoms with Crippen molar-refractivity contribution in [1.29, 1.82) is 0 Å². The number of methoxy groups -OCH3 is 1. The molecule has 0 amide bonds. The molecule has 2 N–H and O–H groups in total. The van der Waals surface area contributed by atoms with Crippen LogP contribution in [0.4, 0.5) is 0 Å². The molecule has 0 aliphatic rings. The van der Waals surface area contributed by atoms with E-state index in [-0.39, 0.29) is 12.4 Å². The molecule has 0 aromatic heterocycles. The van der Waals surface area contributed by atoms with E-state index in [1.807, 2.05) is 6.07 Å². The molecule has 0 spiro atoms. The molecule has 0 unspecified atom stereocenters. The van der Waals surface area contributed by atoms with Crippen molar-refractivity contribution in [3.05, 3.63) is 23.3 Å². The molecule has 16 heavy (non-hydrogen) atoms. The van der Waals surface area contributed by atoms with Crippen molar-refractivity contribution in [2.75, 3.05) is 7.11 Å². The Balaban J connectivity index is 2.88. The van der Waals surface area contributed by atoms with Crippen LogP contribution in [-0.2, 0) is 13.0 Å². The number of benzene rings is 1. The van der Waals surface area contributed by atoms with E-state index in [0.717, 1.165) is 36.8 Å². The predicted octanol–water partition coefficient (Wildman–Crippen LogP) is 2.63. The maximum atomic E-state index is 9.90. The van der Waals surface area contributed by atoms with Crippen molar-refractivity contribution in [2.45, 2.75) is 39.2 Å². The van der Waals surface area contributed by atoms with Crippen molar-refractivity contribution >= 4 is 0 Å². The van der Waals surface area contributed by atoms with E-state index in [9.17, 15) is 5.11 Å². The predicted molar refractivity (Wildman–Crippen MR) is 63.8 cm³/mol. The van der Waals surface area contributed by atoms with E-state index in [0.29, 0.717) is 5.75 Å². The van der Waals surface area contributed by atoms with Crippen molar-refractivity contribution in [1.82, 2.24) is 0 Å². The maximum absolute atomic E-state index is 9.90. The van der Waals surface area contributed by atoms with Crippen molar-refractivity contribution in [3.63, 3.8) is 0 Å². The van der Waals surface area contributed by atoms with Crippen molar-refractivity contribution in [3.8, 4) is 11.5 Å². The van der Waals surface area contributed by atoms with E-state index < -0.39 is 0 Å². The summed E-state index contributed by atoms with van der Waals surface area (Å²) in [5.41, 5.74) is 1.64. The average molecular weight is 224 g/mol. The Hall–Kier alpha value is -1.22. The zero-order chi connectivity index (χ0) is 12.0. The molecule has 0 saturated heterocycles. The SMILES string of the molecule is CCCCCc1cc(CO)cc(OC)c1O. The second kappa shape index (κ2) is 6.38. The van der Waals surface area contributed by atoms with Gasteiger partial charge in [0.25, 0.3) is 0 Å². The first-order chi connectivity index (χ1) is 7.72. The van der Waals surface area contributed by atoms with E-state index in [4.69, 9.17) is 9.84 Å². The van der Waals surface area contributed by atoms with Gasteiger partial charge in [-0.1, -0.05) is 19.8 Å². The fourth-order valence-corrected chi connectivity index (χ4v) is 1.73. The van der Waals surface area contributed by atoms with Gasteiger partial charge in [0.05, 0.1) is 13.7 Å². The molecule has 0 atom stereocenters. The summed E-state index contributed by atoms with van der Waals surface area (Å²) in [6, 6.07) is 3.51. The molecular formula is C13H20O3. The Kier molecular flexibility index (Phi) is 5.12. The number of aliphatic hydroxyl groups is 1. The Bertz CT molecular complexity index is 334. The van der Waals surface area contributed by atoms with Crippen molar-refractivity contribution < 1.29 is 14.9 Å². The zero-order valence-corrected chi connectivity index (χ0v) is 9.99. The van der Waals surface area contributed by atoms with Crippen LogP contribution in [0.25, 0.3) is 0 Å². The Morgan fingerprint density at radius 1 is 1.25 bits per heavy atom. The maximum Gasteiger partial charge on any atom is 0.161 e. The summed E-state index contributed by atoms with van der Waals surface area (Å²) in [7, 11) is 1.52. The van der Waals surface area contributed by atoms with Crippen LogP contribution < -0.4 is 4.74 Å². The lowest BCUT2D eigenvalue weighted by atomic mass is 10.0. The van der Waals surface area contributed by atoms with Gasteiger partial charge >= 0.3 is 0 Å². The third kappa shape index (κ3) is 3.14. The Labute approximate surface area is 96.7 Å². The molecule has 0 saturated carbocycles. The number of aryl methyl sites for hydroxylation is 1. The van der Waals surface area contributed by atoms with Gasteiger partial charge in [-0.15, -0.1) is 0 Å². The number of unbranched alkanes of at least 4 members (excludes halogenated alkanes) is 2. The number of aromatic hydroxyl groups is 1. The molecule has 1 aromatic rings. The standard InChI is InChI=1S/C13H20O3/c1-3-4-5-6-11-7-10(9-14)8-12(16-2)13(11)15/h7-8,14-15H,3-6,9H2,1-2H3. The molecule has 0 aliphatic carbocycles. The van der Waals surface area contributed by atoms with Gasteiger partial charge < -0.3 is 14.9 Å². The molecule has 3 heteroatoms. The number of phenolic OH excluding ortho intramolecular Hbond substituents is 1. The van der Waals surface area contributed by atoms with Gasteiger partial charge in [-0.3, -0.25) is 0 Å². The van der Waals surface area contributed by atoms with Gasteiger partial charge in [-0.2, -0.15) is 0 Å². The number of ether oxygens (including phenoxy) is 1. The van der Waals surface area contributed by atoms with E-state index in [2.05, 4.69) is 6.92 Å². The van der Waals surface area contributed by atoms with Gasteiger partial charge in [0, 0.05) is 0 Å². The van der Waals surface area contributed by atoms with E-state index in [1.165, 1.54) is 7.11 Å². The molecule has 0 bridgehead atoms. The van der Waals surface area contributed by atoms with Gasteiger partial charge in [0.1, 0.15) is 0 Å². The highest BCUT2D eigenvalue weighted by atomic mass is 16.5. The van der Waals surface area contributed by atoms with Crippen LogP contribution in [0.5, 0.6) is 11.5 Å². The fraction of sp³-hybridized carbons (Fsp3) is 0.538. The third-order valence-corrected chi connectivity index (χ3v) is 2.67. The van der Waals surface area contributed by atoms with Gasteiger partial charge in [-0.05, 0) is 36.1 Å². The molecule has 90 valence electrons. The minimum absolute atomic E-state index is 0.0303. The summed E-state index contributed by atoms with van der Waals surface area (Å²) in [6.45, 7) is 2.11. The fourth-order valence-electron chi connectivity index (χ4n) is 1.73. The monoisotopic (exact) mass is 224 g/mol. The molecule has 0 fully saturated rings. The Morgan fingerprint density at radius 2 is 2.00 bits per heavy atom. The first-order valence-electron chi connectivity index (χ1n) is 5.72. The van der Waals surface area contributed by atoms with Gasteiger partial charge in [-0.25, -0.2) is 0 Å². The summed E-state index contributed by atoms with van der Waals surface area (Å²) < 4.78 is 5.07. The smallest absolute Gasteiger partial charge is 0.161 e. The van der Waals surface area contributed by atoms with Crippen LogP contribution in [0.1, 0.15) is 37.3 Å². The second-order valence-electron chi connectivity index (χ2n) is 3.92. The molecule has 1 rings (SSSR count). The van der Waals surface area contributed by atoms with Crippen LogP contribution in [0.15, 0.2) is 12.1 Å². The zero-order valence-electron chi connectivity index (χ0n) is 9.99. The summed E-state index contributed by atoms with van der Waals surface area (Å²) in [5.74, 6) is 0.647. The number of hydrogen-bond donors (Lipinski definition) is 2. The molecule has 0 heterocycles. The average Bonchev–Trinajstić information content (AvgIpc) is 2.31. The first kappa shape index (κ1) is 12.8. The third-order valence-electron chi connectivity index (χ3n) is 2.67. The topological polar surface area (TPSA) is 49.7 Å². The molecule has 0 radical (unpaired) electrons. The minimum Gasteiger partial charge on any atom is -0.504 e. The van der Waals surface area contributed by atoms with E-state index >= 15 is 0 Å². The highest BCUT2D eigenvalue weighted by molar-refractivity contribution is 5.48. The van der Waals surface area contributed by atoms with E-state index in [1.54, 1.807) is 6.07 Å². The highest BCUT2D eigenvalue weighted by Gasteiger charge is 2.09. The molecule has 3 nitrogen and oxygen atoms in total. The normalized spacial score (nSPS) is 10.4. The van der Waals surface area contributed by atoms with Crippen molar-refractivity contribution in [2.24, 2.45) is 0 Å². The first-order valence-corrected chi connectivity index (χ1v) is 5.72. The van der Waals surface area contributed by atoms with Crippen LogP contribution in [0, 0.1) is 0 Å². The summed E-state index contributed by atoms with van der Waals surface area (Å²) >= 11 is 0. The lowest BCUT2D eigenvalue weighted by Gasteiger charge is -2.11. The molecular weight excluding hydrogens is 204 g/mol. The Morgan fingerprint density at radius 3 is 2.56 bits per heavy atom. The van der Waals surface area contributed by atoms with Gasteiger partial charge in [0.2, 0.25) is 0 Å². The molecule has 0 aliphatic heterocycles. The number of phenols is 1. The minimum atomic E-state index is -0.0303. The number of hydrogen-bond acceptors (Lipinski definition) is 3. The summed E-state index contributed by atoms with van der Waals surface area (Å²) in [4.78, 5) is 0. The van der Waals surface area contributed by atoms with Crippen LogP contribution in [0.2, 0.25) is 0 Å². The summed E-state index contributed by atoms with van der Waals surface area (Å²) in [6.07, 6.45) is 4.16. The second-order valence-corrected chi connectivity index (χ2v) is 3.92. The highest BCUT2D eigenvalue weighted by Crippen LogP contribution is 2.32. The number of rotatable bonds is 6. The van der Waals surface area contributed by atoms with Crippen LogP contribution in [0.3, 0.4) is 0 Å². The number of aliphatic hydroxyl groups excluding tert-OH is 1. The van der Waals surface area contributed by atoms with Crippen LogP contribution in [-0.4, -0.2) is 17.3 Å². The van der Waals surface area contributed by atoms with Gasteiger partial charge in [0.15, 0.2) is 11.5 Å². The summed E-state index contributed by atoms with van der Waals surface area (Å²) in [5, 5.41) is 19.0. The van der Waals surface area contributed by atoms with Crippen LogP contribution >= 0.6 is 0 Å². The lowest BCUT2D eigenvalue weighted by molar-refractivity contribution is 0.280. The largest absolute Gasteiger partial charge is 0.504 e. The lowest BCUT2D eigenvalue weighted by Crippen LogP contribution is -1.94.